The molecule has 2 atom stereocenters. The predicted octanol–water partition coefficient (Wildman–Crippen LogP) is 2.48. The fourth-order valence-corrected chi connectivity index (χ4v) is 1.60. The van der Waals surface area contributed by atoms with Crippen molar-refractivity contribution in [3.05, 3.63) is 35.4 Å². The monoisotopic (exact) mass is 219 g/mol. The van der Waals surface area contributed by atoms with Gasteiger partial charge in [-0.1, -0.05) is 50.1 Å². The molecule has 16 heavy (non-hydrogen) atoms. The van der Waals surface area contributed by atoms with Crippen molar-refractivity contribution < 1.29 is 4.79 Å². The first-order valence-corrected chi connectivity index (χ1v) is 5.88. The molecule has 0 aromatic heterocycles. The number of Topliss-reactive ketones (excluding diaryl/α,β-unsaturated/α-hetero) is 1. The Morgan fingerprint density at radius 1 is 1.31 bits per heavy atom. The van der Waals surface area contributed by atoms with E-state index in [1.807, 2.05) is 38.1 Å². The van der Waals surface area contributed by atoms with Crippen LogP contribution in [0.5, 0.6) is 0 Å². The van der Waals surface area contributed by atoms with Crippen LogP contribution in [0.1, 0.15) is 31.4 Å². The smallest absolute Gasteiger partial charge is 0.154 e. The summed E-state index contributed by atoms with van der Waals surface area (Å²) in [7, 11) is 0. The molecule has 0 heterocycles. The van der Waals surface area contributed by atoms with Crippen molar-refractivity contribution in [2.75, 3.05) is 0 Å². The standard InChI is InChI=1S/C14H21NO/c1-4-11(3)14(15)13(16)9-12-7-5-10(2)6-8-12/h5-8,11,14H,4,9,15H2,1-3H3. The first kappa shape index (κ1) is 12.9. The van der Waals surface area contributed by atoms with Crippen LogP contribution in [-0.2, 0) is 11.2 Å². The molecule has 2 heteroatoms. The molecule has 2 nitrogen and oxygen atoms in total. The fourth-order valence-electron chi connectivity index (χ4n) is 1.60. The summed E-state index contributed by atoms with van der Waals surface area (Å²) in [6.07, 6.45) is 1.40. The van der Waals surface area contributed by atoms with E-state index in [0.717, 1.165) is 12.0 Å². The van der Waals surface area contributed by atoms with Crippen LogP contribution >= 0.6 is 0 Å². The first-order valence-electron chi connectivity index (χ1n) is 5.88. The van der Waals surface area contributed by atoms with Gasteiger partial charge in [-0.15, -0.1) is 0 Å². The summed E-state index contributed by atoms with van der Waals surface area (Å²) >= 11 is 0. The first-order chi connectivity index (χ1) is 7.54. The summed E-state index contributed by atoms with van der Waals surface area (Å²) in [6.45, 7) is 6.12. The summed E-state index contributed by atoms with van der Waals surface area (Å²) in [6, 6.07) is 7.72. The van der Waals surface area contributed by atoms with Gasteiger partial charge in [0.1, 0.15) is 0 Å². The van der Waals surface area contributed by atoms with E-state index in [9.17, 15) is 4.79 Å². The third-order valence-corrected chi connectivity index (χ3v) is 3.13. The van der Waals surface area contributed by atoms with E-state index in [2.05, 4.69) is 6.92 Å². The number of ketones is 1. The molecule has 0 aliphatic heterocycles. The molecule has 0 spiro atoms. The number of carbonyl (C=O) groups excluding carboxylic acids is 1. The minimum Gasteiger partial charge on any atom is -0.321 e. The van der Waals surface area contributed by atoms with Crippen LogP contribution in [0.2, 0.25) is 0 Å². The van der Waals surface area contributed by atoms with Gasteiger partial charge in [0, 0.05) is 6.42 Å². The lowest BCUT2D eigenvalue weighted by molar-refractivity contribution is -0.120. The van der Waals surface area contributed by atoms with Crippen molar-refractivity contribution in [1.82, 2.24) is 0 Å². The Labute approximate surface area is 97.9 Å². The topological polar surface area (TPSA) is 43.1 Å². The molecule has 88 valence electrons. The fraction of sp³-hybridized carbons (Fsp3) is 0.500. The molecule has 1 rings (SSSR count). The molecule has 0 amide bonds. The van der Waals surface area contributed by atoms with E-state index in [1.165, 1.54) is 5.56 Å². The highest BCUT2D eigenvalue weighted by molar-refractivity contribution is 5.86. The minimum atomic E-state index is -0.327. The quantitative estimate of drug-likeness (QED) is 0.826. The largest absolute Gasteiger partial charge is 0.321 e. The van der Waals surface area contributed by atoms with Crippen LogP contribution in [-0.4, -0.2) is 11.8 Å². The Kier molecular flexibility index (Phi) is 4.69. The van der Waals surface area contributed by atoms with Crippen molar-refractivity contribution >= 4 is 5.78 Å². The molecule has 2 N–H and O–H groups in total. The zero-order valence-corrected chi connectivity index (χ0v) is 10.4. The van der Waals surface area contributed by atoms with Crippen molar-refractivity contribution in [1.29, 1.82) is 0 Å². The van der Waals surface area contributed by atoms with Crippen molar-refractivity contribution in [2.24, 2.45) is 11.7 Å². The molecule has 0 radical (unpaired) electrons. The number of hydrogen-bond acceptors (Lipinski definition) is 2. The lowest BCUT2D eigenvalue weighted by Crippen LogP contribution is -2.37. The summed E-state index contributed by atoms with van der Waals surface area (Å²) in [5, 5.41) is 0. The van der Waals surface area contributed by atoms with E-state index in [1.54, 1.807) is 0 Å². The van der Waals surface area contributed by atoms with E-state index in [-0.39, 0.29) is 17.7 Å². The van der Waals surface area contributed by atoms with Crippen LogP contribution in [0.25, 0.3) is 0 Å². The van der Waals surface area contributed by atoms with Gasteiger partial charge in [-0.25, -0.2) is 0 Å². The molecule has 0 aliphatic rings. The zero-order valence-electron chi connectivity index (χ0n) is 10.4. The highest BCUT2D eigenvalue weighted by Gasteiger charge is 2.19. The highest BCUT2D eigenvalue weighted by Crippen LogP contribution is 2.10. The van der Waals surface area contributed by atoms with Gasteiger partial charge in [-0.2, -0.15) is 0 Å². The molecule has 0 saturated carbocycles. The van der Waals surface area contributed by atoms with Gasteiger partial charge in [0.05, 0.1) is 6.04 Å². The second-order valence-electron chi connectivity index (χ2n) is 4.54. The zero-order chi connectivity index (χ0) is 12.1. The van der Waals surface area contributed by atoms with Gasteiger partial charge in [0.25, 0.3) is 0 Å². The highest BCUT2D eigenvalue weighted by atomic mass is 16.1. The van der Waals surface area contributed by atoms with E-state index in [0.29, 0.717) is 6.42 Å². The van der Waals surface area contributed by atoms with Crippen molar-refractivity contribution in [3.63, 3.8) is 0 Å². The summed E-state index contributed by atoms with van der Waals surface area (Å²) in [5.41, 5.74) is 8.16. The second-order valence-corrected chi connectivity index (χ2v) is 4.54. The molecule has 1 aromatic rings. The normalized spacial score (nSPS) is 14.5. The SMILES string of the molecule is CCC(C)C(N)C(=O)Cc1ccc(C)cc1. The lowest BCUT2D eigenvalue weighted by Gasteiger charge is -2.16. The predicted molar refractivity (Wildman–Crippen MR) is 67.3 cm³/mol. The van der Waals surface area contributed by atoms with Crippen LogP contribution in [0.4, 0.5) is 0 Å². The number of carbonyl (C=O) groups is 1. The van der Waals surface area contributed by atoms with Gasteiger partial charge in [-0.3, -0.25) is 4.79 Å². The van der Waals surface area contributed by atoms with Gasteiger partial charge in [0.2, 0.25) is 0 Å². The summed E-state index contributed by atoms with van der Waals surface area (Å²) < 4.78 is 0. The summed E-state index contributed by atoms with van der Waals surface area (Å²) in [4.78, 5) is 11.9. The Morgan fingerprint density at radius 3 is 2.38 bits per heavy atom. The maximum atomic E-state index is 11.9. The summed E-state index contributed by atoms with van der Waals surface area (Å²) in [5.74, 6) is 0.399. The number of rotatable bonds is 5. The molecule has 0 aliphatic carbocycles. The van der Waals surface area contributed by atoms with E-state index >= 15 is 0 Å². The van der Waals surface area contributed by atoms with Crippen molar-refractivity contribution in [3.8, 4) is 0 Å². The third-order valence-electron chi connectivity index (χ3n) is 3.13. The molecular weight excluding hydrogens is 198 g/mol. The average molecular weight is 219 g/mol. The van der Waals surface area contributed by atoms with E-state index < -0.39 is 0 Å². The minimum absolute atomic E-state index is 0.137. The Hall–Kier alpha value is -1.15. The molecule has 0 saturated heterocycles. The van der Waals surface area contributed by atoms with Gasteiger partial charge < -0.3 is 5.73 Å². The number of hydrogen-bond donors (Lipinski definition) is 1. The Bertz CT molecular complexity index is 342. The molecular formula is C14H21NO. The Morgan fingerprint density at radius 2 is 1.88 bits per heavy atom. The number of aryl methyl sites for hydroxylation is 1. The van der Waals surface area contributed by atoms with Gasteiger partial charge >= 0.3 is 0 Å². The van der Waals surface area contributed by atoms with Crippen molar-refractivity contribution in [2.45, 2.75) is 39.7 Å². The molecule has 2 unspecified atom stereocenters. The average Bonchev–Trinajstić information content (AvgIpc) is 2.30. The second kappa shape index (κ2) is 5.80. The van der Waals surface area contributed by atoms with Gasteiger partial charge in [-0.05, 0) is 18.4 Å². The maximum Gasteiger partial charge on any atom is 0.154 e. The molecule has 0 bridgehead atoms. The Balaban J connectivity index is 2.60. The lowest BCUT2D eigenvalue weighted by atomic mass is 9.93. The van der Waals surface area contributed by atoms with Crippen LogP contribution in [0.3, 0.4) is 0 Å². The maximum absolute atomic E-state index is 11.9. The van der Waals surface area contributed by atoms with Crippen LogP contribution < -0.4 is 5.73 Å². The molecule has 1 aromatic carbocycles. The van der Waals surface area contributed by atoms with Gasteiger partial charge in [0.15, 0.2) is 5.78 Å². The molecule has 0 fully saturated rings. The van der Waals surface area contributed by atoms with Crippen LogP contribution in [0, 0.1) is 12.8 Å². The van der Waals surface area contributed by atoms with E-state index in [4.69, 9.17) is 5.73 Å². The van der Waals surface area contributed by atoms with Crippen LogP contribution in [0.15, 0.2) is 24.3 Å². The third kappa shape index (κ3) is 3.46. The number of benzene rings is 1. The number of nitrogens with two attached hydrogens (primary N) is 1.